The molecule has 0 radical (unpaired) electrons. The van der Waals surface area contributed by atoms with Crippen LogP contribution in [0.25, 0.3) is 10.4 Å². The van der Waals surface area contributed by atoms with Gasteiger partial charge in [0.2, 0.25) is 0 Å². The minimum Gasteiger partial charge on any atom is -0.466 e. The van der Waals surface area contributed by atoms with Crippen LogP contribution in [0.15, 0.2) is 29.4 Å². The van der Waals surface area contributed by atoms with Gasteiger partial charge in [0.25, 0.3) is 5.17 Å². The molecule has 0 spiro atoms. The van der Waals surface area contributed by atoms with Gasteiger partial charge in [-0.05, 0) is 23.3 Å². The predicted molar refractivity (Wildman–Crippen MR) is 61.7 cm³/mol. The van der Waals surface area contributed by atoms with Gasteiger partial charge >= 0.3 is 0 Å². The molecule has 0 saturated heterocycles. The summed E-state index contributed by atoms with van der Waals surface area (Å²) in [4.78, 5) is 2.69. The second-order valence-electron chi connectivity index (χ2n) is 2.68. The summed E-state index contributed by atoms with van der Waals surface area (Å²) in [5.41, 5.74) is 9.75. The van der Waals surface area contributed by atoms with Crippen LogP contribution in [-0.4, -0.2) is 12.2 Å². The largest absolute Gasteiger partial charge is 0.466 e. The Kier molecular flexibility index (Phi) is 4.40. The molecule has 5 nitrogen and oxygen atoms in total. The van der Waals surface area contributed by atoms with E-state index in [0.29, 0.717) is 17.5 Å². The maximum atomic E-state index is 8.21. The Hall–Kier alpha value is -1.78. The van der Waals surface area contributed by atoms with Gasteiger partial charge in [-0.2, -0.15) is 0 Å². The Balaban J connectivity index is 2.56. The molecule has 0 heterocycles. The number of benzene rings is 1. The fourth-order valence-electron chi connectivity index (χ4n) is 0.932. The van der Waals surface area contributed by atoms with E-state index < -0.39 is 0 Å². The Bertz CT molecular complexity index is 384. The Morgan fingerprint density at radius 2 is 2.20 bits per heavy atom. The Morgan fingerprint density at radius 3 is 2.73 bits per heavy atom. The van der Waals surface area contributed by atoms with E-state index in [9.17, 15) is 0 Å². The first-order valence-electron chi connectivity index (χ1n) is 4.25. The lowest BCUT2D eigenvalue weighted by Crippen LogP contribution is -2.18. The Labute approximate surface area is 92.7 Å². The number of nitrogens with one attached hydrogen (secondary N) is 1. The topological polar surface area (TPSA) is 70.0 Å². The summed E-state index contributed by atoms with van der Waals surface area (Å²) in [6.07, 6.45) is 0. The van der Waals surface area contributed by atoms with Gasteiger partial charge in [-0.3, -0.25) is 0 Å². The van der Waals surface area contributed by atoms with Crippen LogP contribution in [0.1, 0.15) is 5.56 Å². The van der Waals surface area contributed by atoms with E-state index in [1.165, 1.54) is 0 Å². The number of thiocarbonyl (C=S) groups is 1. The number of hydrogen-bond acceptors (Lipinski definition) is 3. The number of rotatable bonds is 3. The minimum absolute atomic E-state index is 0.356. The lowest BCUT2D eigenvalue weighted by Gasteiger charge is -2.06. The van der Waals surface area contributed by atoms with E-state index in [1.807, 2.05) is 12.1 Å². The zero-order valence-electron chi connectivity index (χ0n) is 8.17. The smallest absolute Gasteiger partial charge is 0.256 e. The molecule has 0 fully saturated rings. The summed E-state index contributed by atoms with van der Waals surface area (Å²) in [5.74, 6) is 0. The predicted octanol–water partition coefficient (Wildman–Crippen LogP) is 2.65. The molecule has 6 heteroatoms. The molecule has 1 aromatic rings. The fraction of sp³-hybridized carbons (Fsp3) is 0.222. The molecule has 15 heavy (non-hydrogen) atoms. The summed E-state index contributed by atoms with van der Waals surface area (Å²) in [6, 6.07) is 7.09. The van der Waals surface area contributed by atoms with Crippen molar-refractivity contribution in [2.24, 2.45) is 5.11 Å². The highest BCUT2D eigenvalue weighted by Gasteiger charge is 1.96. The van der Waals surface area contributed by atoms with Gasteiger partial charge in [-0.25, -0.2) is 0 Å². The molecule has 0 aliphatic rings. The molecular formula is C9H10N4OS. The molecule has 0 bridgehead atoms. The second-order valence-corrected chi connectivity index (χ2v) is 3.05. The van der Waals surface area contributed by atoms with Crippen LogP contribution < -0.4 is 5.32 Å². The first-order chi connectivity index (χ1) is 7.26. The van der Waals surface area contributed by atoms with Gasteiger partial charge < -0.3 is 10.1 Å². The van der Waals surface area contributed by atoms with Crippen molar-refractivity contribution in [2.45, 2.75) is 6.61 Å². The lowest BCUT2D eigenvalue weighted by atomic mass is 10.2. The van der Waals surface area contributed by atoms with E-state index in [2.05, 4.69) is 15.3 Å². The maximum Gasteiger partial charge on any atom is 0.256 e. The molecule has 1 rings (SSSR count). The van der Waals surface area contributed by atoms with Crippen LogP contribution in [-0.2, 0) is 11.3 Å². The molecule has 0 aliphatic carbocycles. The highest BCUT2D eigenvalue weighted by Crippen LogP contribution is 2.13. The molecule has 0 amide bonds. The highest BCUT2D eigenvalue weighted by molar-refractivity contribution is 7.80. The minimum atomic E-state index is 0.356. The molecule has 0 aliphatic heterocycles. The zero-order valence-corrected chi connectivity index (χ0v) is 8.99. The normalized spacial score (nSPS) is 8.87. The standard InChI is InChI=1S/C9H10N4OS/c1-11-9(15)14-6-7-2-4-8(5-3-7)12-13-10/h2-5H,6H2,1H3,(H,11,15). The summed E-state index contributed by atoms with van der Waals surface area (Å²) in [6.45, 7) is 0.399. The molecule has 0 aromatic heterocycles. The molecule has 0 atom stereocenters. The first kappa shape index (κ1) is 11.3. The van der Waals surface area contributed by atoms with E-state index in [-0.39, 0.29) is 0 Å². The second kappa shape index (κ2) is 5.85. The lowest BCUT2D eigenvalue weighted by molar-refractivity contribution is 0.289. The number of ether oxygens (including phenoxy) is 1. The van der Waals surface area contributed by atoms with Gasteiger partial charge in [0.05, 0.1) is 0 Å². The third-order valence-electron chi connectivity index (χ3n) is 1.67. The molecule has 0 unspecified atom stereocenters. The van der Waals surface area contributed by atoms with Gasteiger partial charge in [-0.15, -0.1) is 0 Å². The summed E-state index contributed by atoms with van der Waals surface area (Å²) in [5, 5.41) is 6.53. The van der Waals surface area contributed by atoms with Crippen LogP contribution in [0.5, 0.6) is 0 Å². The van der Waals surface area contributed by atoms with E-state index in [0.717, 1.165) is 5.56 Å². The molecule has 1 N–H and O–H groups in total. The summed E-state index contributed by atoms with van der Waals surface area (Å²) in [7, 11) is 1.70. The van der Waals surface area contributed by atoms with Crippen molar-refractivity contribution >= 4 is 23.1 Å². The van der Waals surface area contributed by atoms with Crippen molar-refractivity contribution in [3.63, 3.8) is 0 Å². The van der Waals surface area contributed by atoms with Crippen molar-refractivity contribution in [1.82, 2.24) is 5.32 Å². The quantitative estimate of drug-likeness (QED) is 0.370. The van der Waals surface area contributed by atoms with Gasteiger partial charge in [0.15, 0.2) is 0 Å². The van der Waals surface area contributed by atoms with Gasteiger partial charge in [0, 0.05) is 17.6 Å². The molecule has 0 saturated carbocycles. The van der Waals surface area contributed by atoms with Crippen molar-refractivity contribution in [3.8, 4) is 0 Å². The van der Waals surface area contributed by atoms with Gasteiger partial charge in [-0.1, -0.05) is 29.4 Å². The molecule has 1 aromatic carbocycles. The van der Waals surface area contributed by atoms with E-state index in [1.54, 1.807) is 19.2 Å². The SMILES string of the molecule is CNC(=S)OCc1ccc(N=[N+]=[N-])cc1. The van der Waals surface area contributed by atoms with Crippen molar-refractivity contribution < 1.29 is 4.74 Å². The third kappa shape index (κ3) is 3.84. The zero-order chi connectivity index (χ0) is 11.1. The van der Waals surface area contributed by atoms with Crippen molar-refractivity contribution in [2.75, 3.05) is 7.05 Å². The van der Waals surface area contributed by atoms with E-state index in [4.69, 9.17) is 22.5 Å². The van der Waals surface area contributed by atoms with Crippen LogP contribution in [0.3, 0.4) is 0 Å². The van der Waals surface area contributed by atoms with Crippen molar-refractivity contribution in [1.29, 1.82) is 0 Å². The molecule has 78 valence electrons. The summed E-state index contributed by atoms with van der Waals surface area (Å²) >= 11 is 4.82. The van der Waals surface area contributed by atoms with Crippen molar-refractivity contribution in [3.05, 3.63) is 40.3 Å². The van der Waals surface area contributed by atoms with Crippen LogP contribution in [0.4, 0.5) is 5.69 Å². The monoisotopic (exact) mass is 222 g/mol. The number of nitrogens with zero attached hydrogens (tertiary/aromatic N) is 3. The van der Waals surface area contributed by atoms with Crippen LogP contribution >= 0.6 is 12.2 Å². The van der Waals surface area contributed by atoms with E-state index >= 15 is 0 Å². The average Bonchev–Trinajstić information content (AvgIpc) is 2.28. The Morgan fingerprint density at radius 1 is 1.53 bits per heavy atom. The average molecular weight is 222 g/mol. The summed E-state index contributed by atoms with van der Waals surface area (Å²) < 4.78 is 5.19. The molecular weight excluding hydrogens is 212 g/mol. The number of hydrogen-bond donors (Lipinski definition) is 1. The van der Waals surface area contributed by atoms with Crippen LogP contribution in [0, 0.1) is 0 Å². The fourth-order valence-corrected chi connectivity index (χ4v) is 0.990. The maximum absolute atomic E-state index is 8.21. The first-order valence-corrected chi connectivity index (χ1v) is 4.65. The third-order valence-corrected chi connectivity index (χ3v) is 1.99. The highest BCUT2D eigenvalue weighted by atomic mass is 32.1. The van der Waals surface area contributed by atoms with Crippen LogP contribution in [0.2, 0.25) is 0 Å². The van der Waals surface area contributed by atoms with Gasteiger partial charge in [0.1, 0.15) is 6.61 Å². The number of azide groups is 1.